The first-order valence-corrected chi connectivity index (χ1v) is 4.13. The van der Waals surface area contributed by atoms with Crippen LogP contribution in [0, 0.1) is 5.92 Å². The molecule has 0 spiro atoms. The molecule has 0 aromatic rings. The van der Waals surface area contributed by atoms with Crippen LogP contribution in [-0.4, -0.2) is 37.1 Å². The maximum absolute atomic E-state index is 9.31. The van der Waals surface area contributed by atoms with Gasteiger partial charge in [-0.05, 0) is 12.8 Å². The summed E-state index contributed by atoms with van der Waals surface area (Å²) in [6.07, 6.45) is 1.96. The molecule has 1 aliphatic heterocycles. The van der Waals surface area contributed by atoms with Crippen molar-refractivity contribution in [2.45, 2.75) is 31.2 Å². The first-order chi connectivity index (χ1) is 5.31. The summed E-state index contributed by atoms with van der Waals surface area (Å²) in [6.45, 7) is 0.707. The smallest absolute Gasteiger partial charge is 0.0858 e. The highest BCUT2D eigenvalue weighted by Gasteiger charge is 2.44. The quantitative estimate of drug-likeness (QED) is 0.591. The Labute approximate surface area is 66.3 Å². The number of methoxy groups -OCH3 is 1. The van der Waals surface area contributed by atoms with Crippen LogP contribution in [0.2, 0.25) is 0 Å². The number of hydrogen-bond acceptors (Lipinski definition) is 3. The molecule has 1 saturated heterocycles. The predicted molar refractivity (Wildman–Crippen MR) is 39.3 cm³/mol. The lowest BCUT2D eigenvalue weighted by atomic mass is 10.0. The Morgan fingerprint density at radius 2 is 2.27 bits per heavy atom. The largest absolute Gasteiger partial charge is 0.393 e. The predicted octanol–water partition coefficient (Wildman–Crippen LogP) is 0.171. The van der Waals surface area contributed by atoms with Crippen molar-refractivity contribution in [1.29, 1.82) is 0 Å². The molecule has 3 heteroatoms. The Morgan fingerprint density at radius 3 is 3.00 bits per heavy atom. The molecule has 2 fully saturated rings. The summed E-state index contributed by atoms with van der Waals surface area (Å²) in [5.41, 5.74) is 0. The molecule has 0 amide bonds. The number of aliphatic hydroxyl groups is 1. The van der Waals surface area contributed by atoms with Crippen LogP contribution in [0.5, 0.6) is 0 Å². The van der Waals surface area contributed by atoms with E-state index in [-0.39, 0.29) is 18.3 Å². The molecule has 2 rings (SSSR count). The fraction of sp³-hybridized carbons (Fsp3) is 1.00. The van der Waals surface area contributed by atoms with Gasteiger partial charge in [-0.3, -0.25) is 0 Å². The van der Waals surface area contributed by atoms with Gasteiger partial charge in [-0.2, -0.15) is 0 Å². The summed E-state index contributed by atoms with van der Waals surface area (Å²) < 4.78 is 10.7. The molecule has 0 aromatic carbocycles. The normalized spacial score (nSPS) is 49.6. The van der Waals surface area contributed by atoms with Gasteiger partial charge in [0.1, 0.15) is 0 Å². The molecule has 0 bridgehead atoms. The Morgan fingerprint density at radius 1 is 1.45 bits per heavy atom. The number of fused-ring (bicyclic) bond motifs is 1. The summed E-state index contributed by atoms with van der Waals surface area (Å²) in [4.78, 5) is 0. The highest BCUT2D eigenvalue weighted by Crippen LogP contribution is 2.37. The molecule has 4 unspecified atom stereocenters. The molecule has 1 heterocycles. The third-order valence-electron chi connectivity index (χ3n) is 2.78. The zero-order valence-corrected chi connectivity index (χ0v) is 6.69. The monoisotopic (exact) mass is 158 g/mol. The molecule has 64 valence electrons. The second-order valence-electron chi connectivity index (χ2n) is 3.44. The van der Waals surface area contributed by atoms with E-state index < -0.39 is 0 Å². The minimum atomic E-state index is -0.164. The van der Waals surface area contributed by atoms with E-state index in [1.165, 1.54) is 0 Å². The molecule has 4 atom stereocenters. The summed E-state index contributed by atoms with van der Waals surface area (Å²) >= 11 is 0. The van der Waals surface area contributed by atoms with E-state index in [0.717, 1.165) is 12.8 Å². The van der Waals surface area contributed by atoms with Crippen LogP contribution in [0.3, 0.4) is 0 Å². The Kier molecular flexibility index (Phi) is 1.87. The Hall–Kier alpha value is -0.120. The van der Waals surface area contributed by atoms with Crippen LogP contribution in [0.1, 0.15) is 12.8 Å². The van der Waals surface area contributed by atoms with Crippen LogP contribution in [0.4, 0.5) is 0 Å². The summed E-state index contributed by atoms with van der Waals surface area (Å²) in [5.74, 6) is 0.440. The van der Waals surface area contributed by atoms with E-state index in [0.29, 0.717) is 12.5 Å². The molecule has 1 saturated carbocycles. The van der Waals surface area contributed by atoms with Crippen molar-refractivity contribution in [3.63, 3.8) is 0 Å². The van der Waals surface area contributed by atoms with Crippen LogP contribution in [0.25, 0.3) is 0 Å². The first-order valence-electron chi connectivity index (χ1n) is 4.13. The molecule has 1 aliphatic carbocycles. The first kappa shape index (κ1) is 7.53. The van der Waals surface area contributed by atoms with Crippen molar-refractivity contribution in [1.82, 2.24) is 0 Å². The second kappa shape index (κ2) is 2.73. The van der Waals surface area contributed by atoms with Gasteiger partial charge < -0.3 is 14.6 Å². The highest BCUT2D eigenvalue weighted by molar-refractivity contribution is 4.93. The lowest BCUT2D eigenvalue weighted by molar-refractivity contribution is 0.0401. The van der Waals surface area contributed by atoms with Gasteiger partial charge in [0.15, 0.2) is 0 Å². The zero-order valence-electron chi connectivity index (χ0n) is 6.69. The van der Waals surface area contributed by atoms with E-state index in [1.54, 1.807) is 7.11 Å². The van der Waals surface area contributed by atoms with Crippen molar-refractivity contribution < 1.29 is 14.6 Å². The minimum absolute atomic E-state index is 0.164. The maximum atomic E-state index is 9.31. The fourth-order valence-corrected chi connectivity index (χ4v) is 2.17. The Balaban J connectivity index is 2.01. The zero-order chi connectivity index (χ0) is 7.84. The van der Waals surface area contributed by atoms with Crippen LogP contribution < -0.4 is 0 Å². The average molecular weight is 158 g/mol. The van der Waals surface area contributed by atoms with Gasteiger partial charge in [0, 0.05) is 13.0 Å². The Bertz CT molecular complexity index is 146. The van der Waals surface area contributed by atoms with Gasteiger partial charge in [-0.15, -0.1) is 0 Å². The topological polar surface area (TPSA) is 38.7 Å². The second-order valence-corrected chi connectivity index (χ2v) is 3.44. The summed E-state index contributed by atoms with van der Waals surface area (Å²) in [6, 6.07) is 0. The van der Waals surface area contributed by atoms with E-state index in [9.17, 15) is 5.11 Å². The third-order valence-corrected chi connectivity index (χ3v) is 2.78. The van der Waals surface area contributed by atoms with Crippen molar-refractivity contribution in [2.24, 2.45) is 5.92 Å². The molecule has 0 radical (unpaired) electrons. The number of rotatable bonds is 1. The van der Waals surface area contributed by atoms with Crippen molar-refractivity contribution in [3.05, 3.63) is 0 Å². The van der Waals surface area contributed by atoms with E-state index in [1.807, 2.05) is 0 Å². The highest BCUT2D eigenvalue weighted by atomic mass is 16.5. The molecule has 2 aliphatic rings. The van der Waals surface area contributed by atoms with Gasteiger partial charge in [0.25, 0.3) is 0 Å². The molecule has 1 N–H and O–H groups in total. The minimum Gasteiger partial charge on any atom is -0.393 e. The molecular formula is C8H14O3. The maximum Gasteiger partial charge on any atom is 0.0858 e. The van der Waals surface area contributed by atoms with E-state index in [2.05, 4.69) is 0 Å². The van der Waals surface area contributed by atoms with Crippen molar-refractivity contribution in [2.75, 3.05) is 13.7 Å². The lowest BCUT2D eigenvalue weighted by Crippen LogP contribution is -2.21. The fourth-order valence-electron chi connectivity index (χ4n) is 2.17. The van der Waals surface area contributed by atoms with E-state index in [4.69, 9.17) is 9.47 Å². The average Bonchev–Trinajstić information content (AvgIpc) is 2.45. The standard InChI is InChI=1S/C8H14O3/c1-10-8-4-11-7-3-5(9)2-6(7)8/h5-9H,2-4H2,1H3. The molecule has 0 aromatic heterocycles. The summed E-state index contributed by atoms with van der Waals surface area (Å²) in [7, 11) is 1.71. The summed E-state index contributed by atoms with van der Waals surface area (Å²) in [5, 5.41) is 9.31. The van der Waals surface area contributed by atoms with Gasteiger partial charge in [-0.1, -0.05) is 0 Å². The molecular weight excluding hydrogens is 144 g/mol. The van der Waals surface area contributed by atoms with Gasteiger partial charge in [-0.25, -0.2) is 0 Å². The van der Waals surface area contributed by atoms with E-state index >= 15 is 0 Å². The number of aliphatic hydroxyl groups excluding tert-OH is 1. The number of ether oxygens (including phenoxy) is 2. The van der Waals surface area contributed by atoms with Crippen molar-refractivity contribution >= 4 is 0 Å². The molecule has 11 heavy (non-hydrogen) atoms. The lowest BCUT2D eigenvalue weighted by Gasteiger charge is -2.13. The molecule has 3 nitrogen and oxygen atoms in total. The van der Waals surface area contributed by atoms with Gasteiger partial charge in [0.2, 0.25) is 0 Å². The van der Waals surface area contributed by atoms with Gasteiger partial charge in [0.05, 0.1) is 24.9 Å². The SMILES string of the molecule is COC1COC2CC(O)CC12. The third kappa shape index (κ3) is 1.17. The van der Waals surface area contributed by atoms with Crippen LogP contribution in [-0.2, 0) is 9.47 Å². The number of hydrogen-bond donors (Lipinski definition) is 1. The van der Waals surface area contributed by atoms with Crippen molar-refractivity contribution in [3.8, 4) is 0 Å². The van der Waals surface area contributed by atoms with Crippen LogP contribution in [0.15, 0.2) is 0 Å². The van der Waals surface area contributed by atoms with Crippen LogP contribution >= 0.6 is 0 Å². The van der Waals surface area contributed by atoms with Gasteiger partial charge >= 0.3 is 0 Å².